The van der Waals surface area contributed by atoms with Crippen molar-refractivity contribution in [3.63, 3.8) is 0 Å². The maximum atomic E-state index is 13.3. The Labute approximate surface area is 182 Å². The second kappa shape index (κ2) is 7.53. The highest BCUT2D eigenvalue weighted by atomic mass is 35.5. The van der Waals surface area contributed by atoms with Crippen LogP contribution in [0.2, 0.25) is 10.0 Å². The first-order chi connectivity index (χ1) is 13.8. The van der Waals surface area contributed by atoms with Crippen molar-refractivity contribution in [1.29, 1.82) is 0 Å². The van der Waals surface area contributed by atoms with Crippen LogP contribution in [0.4, 0.5) is 16.2 Å². The zero-order chi connectivity index (χ0) is 22.4. The molecule has 0 unspecified atom stereocenters. The fourth-order valence-electron chi connectivity index (χ4n) is 3.40. The number of nitro benzene ring substituents is 1. The number of sulfonamides is 1. The van der Waals surface area contributed by atoms with E-state index in [4.69, 9.17) is 23.2 Å². The number of benzene rings is 2. The van der Waals surface area contributed by atoms with Crippen molar-refractivity contribution >= 4 is 56.5 Å². The summed E-state index contributed by atoms with van der Waals surface area (Å²) < 4.78 is 25.4. The first-order valence-electron chi connectivity index (χ1n) is 8.43. The molecule has 1 aliphatic rings. The highest BCUT2D eigenvalue weighted by Gasteiger charge is 2.58. The summed E-state index contributed by atoms with van der Waals surface area (Å²) in [5, 5.41) is 11.2. The molecule has 2 aromatic rings. The van der Waals surface area contributed by atoms with Gasteiger partial charge >= 0.3 is 6.03 Å². The number of anilines is 1. The number of nitro groups is 1. The van der Waals surface area contributed by atoms with Crippen LogP contribution in [0.25, 0.3) is 0 Å². The van der Waals surface area contributed by atoms with Crippen LogP contribution in [-0.2, 0) is 21.2 Å². The van der Waals surface area contributed by atoms with Crippen molar-refractivity contribution in [3.05, 3.63) is 68.2 Å². The smallest absolute Gasteiger partial charge is 0.271 e. The zero-order valence-electron chi connectivity index (χ0n) is 15.7. The molecule has 0 radical (unpaired) electrons. The lowest BCUT2D eigenvalue weighted by atomic mass is 9.92. The number of nitrogens with zero attached hydrogens (tertiary/aromatic N) is 3. The molecule has 2 aromatic carbocycles. The third-order valence-electron chi connectivity index (χ3n) is 4.61. The molecule has 0 bridgehead atoms. The number of non-ortho nitro benzene ring substituents is 1. The molecule has 1 fully saturated rings. The van der Waals surface area contributed by atoms with Gasteiger partial charge in [0.25, 0.3) is 11.6 Å². The van der Waals surface area contributed by atoms with Gasteiger partial charge in [0.1, 0.15) is 5.54 Å². The lowest BCUT2D eigenvalue weighted by Gasteiger charge is -2.29. The number of hydrogen-bond donors (Lipinski definition) is 0. The largest absolute Gasteiger partial charge is 0.346 e. The van der Waals surface area contributed by atoms with Gasteiger partial charge < -0.3 is 0 Å². The summed E-state index contributed by atoms with van der Waals surface area (Å²) in [5.74, 6) is -0.797. The van der Waals surface area contributed by atoms with Crippen molar-refractivity contribution in [1.82, 2.24) is 4.31 Å². The maximum absolute atomic E-state index is 13.3. The van der Waals surface area contributed by atoms with Gasteiger partial charge in [-0.15, -0.1) is 0 Å². The van der Waals surface area contributed by atoms with E-state index in [1.165, 1.54) is 49.4 Å². The summed E-state index contributed by atoms with van der Waals surface area (Å²) in [6.45, 7) is 1.32. The van der Waals surface area contributed by atoms with Crippen LogP contribution in [0.5, 0.6) is 0 Å². The second-order valence-electron chi connectivity index (χ2n) is 6.95. The van der Waals surface area contributed by atoms with Gasteiger partial charge in [0.15, 0.2) is 0 Å². The van der Waals surface area contributed by atoms with E-state index in [2.05, 4.69) is 0 Å². The molecule has 0 spiro atoms. The van der Waals surface area contributed by atoms with E-state index in [1.54, 1.807) is 0 Å². The van der Waals surface area contributed by atoms with Crippen molar-refractivity contribution in [2.24, 2.45) is 0 Å². The summed E-state index contributed by atoms with van der Waals surface area (Å²) >= 11 is 11.9. The van der Waals surface area contributed by atoms with Crippen LogP contribution in [0.3, 0.4) is 0 Å². The van der Waals surface area contributed by atoms with Crippen LogP contribution >= 0.6 is 23.2 Å². The van der Waals surface area contributed by atoms with Crippen molar-refractivity contribution in [2.45, 2.75) is 18.9 Å². The minimum Gasteiger partial charge on any atom is -0.271 e. The van der Waals surface area contributed by atoms with E-state index in [1.807, 2.05) is 0 Å². The molecule has 3 amide bonds. The summed E-state index contributed by atoms with van der Waals surface area (Å²) in [4.78, 5) is 37.3. The molecule has 1 atom stereocenters. The SMILES string of the molecule is C[C@@]1(Cc2ccc([N+](=O)[O-])cc2)C(=O)N(c2cc(Cl)cc(Cl)c2)C(=O)N1S(C)(=O)=O. The number of halogens is 2. The summed E-state index contributed by atoms with van der Waals surface area (Å²) in [6, 6.07) is 8.26. The van der Waals surface area contributed by atoms with E-state index < -0.39 is 32.4 Å². The Kier molecular flexibility index (Phi) is 5.52. The molecule has 30 heavy (non-hydrogen) atoms. The Morgan fingerprint density at radius 3 is 2.07 bits per heavy atom. The highest BCUT2D eigenvalue weighted by molar-refractivity contribution is 7.89. The molecule has 0 saturated carbocycles. The van der Waals surface area contributed by atoms with Crippen molar-refractivity contribution in [3.8, 4) is 0 Å². The average molecular weight is 472 g/mol. The molecule has 158 valence electrons. The van der Waals surface area contributed by atoms with Crippen LogP contribution in [0.15, 0.2) is 42.5 Å². The topological polar surface area (TPSA) is 118 Å². The number of imide groups is 1. The Morgan fingerprint density at radius 2 is 1.60 bits per heavy atom. The number of rotatable bonds is 5. The highest BCUT2D eigenvalue weighted by Crippen LogP contribution is 2.38. The van der Waals surface area contributed by atoms with Crippen molar-refractivity contribution < 1.29 is 22.9 Å². The Bertz CT molecular complexity index is 1150. The number of amides is 3. The molecule has 1 heterocycles. The van der Waals surface area contributed by atoms with Gasteiger partial charge in [-0.1, -0.05) is 35.3 Å². The molecule has 0 N–H and O–H groups in total. The summed E-state index contributed by atoms with van der Waals surface area (Å²) in [7, 11) is -4.15. The Hall–Kier alpha value is -2.69. The zero-order valence-corrected chi connectivity index (χ0v) is 18.0. The molecule has 12 heteroatoms. The minimum atomic E-state index is -4.15. The Balaban J connectivity index is 2.09. The predicted molar refractivity (Wildman–Crippen MR) is 111 cm³/mol. The number of urea groups is 1. The molecule has 0 aliphatic carbocycles. The standard InChI is InChI=1S/C18H15Cl2N3O6S/c1-18(10-11-3-5-14(6-4-11)23(26)27)16(24)21(17(25)22(18)30(2,28)29)15-8-12(19)7-13(20)9-15/h3-9H,10H2,1-2H3/t18-/m1/s1. The molecule has 9 nitrogen and oxygen atoms in total. The monoisotopic (exact) mass is 471 g/mol. The first kappa shape index (κ1) is 22.0. The fraction of sp³-hybridized carbons (Fsp3) is 0.222. The van der Waals surface area contributed by atoms with Crippen LogP contribution in [0.1, 0.15) is 12.5 Å². The molecular weight excluding hydrogens is 457 g/mol. The van der Waals surface area contributed by atoms with Gasteiger partial charge in [-0.25, -0.2) is 22.4 Å². The van der Waals surface area contributed by atoms with E-state index in [0.29, 0.717) is 14.8 Å². The molecule has 1 saturated heterocycles. The number of carbonyl (C=O) groups excluding carboxylic acids is 2. The third-order valence-corrected chi connectivity index (χ3v) is 6.27. The van der Waals surface area contributed by atoms with E-state index in [0.717, 1.165) is 6.26 Å². The average Bonchev–Trinajstić information content (AvgIpc) is 2.79. The predicted octanol–water partition coefficient (Wildman–Crippen LogP) is 3.63. The molecule has 3 rings (SSSR count). The second-order valence-corrected chi connectivity index (χ2v) is 9.66. The van der Waals surface area contributed by atoms with E-state index >= 15 is 0 Å². The lowest BCUT2D eigenvalue weighted by molar-refractivity contribution is -0.384. The third kappa shape index (κ3) is 3.85. The Morgan fingerprint density at radius 1 is 1.07 bits per heavy atom. The molecule has 0 aromatic heterocycles. The quantitative estimate of drug-likeness (QED) is 0.373. The fourth-order valence-corrected chi connectivity index (χ4v) is 5.16. The maximum Gasteiger partial charge on any atom is 0.346 e. The van der Waals surface area contributed by atoms with Gasteiger partial charge in [-0.2, -0.15) is 0 Å². The normalized spacial score (nSPS) is 19.5. The number of carbonyl (C=O) groups is 2. The molecule has 1 aliphatic heterocycles. The van der Waals surface area contributed by atoms with Crippen LogP contribution in [0, 0.1) is 10.1 Å². The van der Waals surface area contributed by atoms with E-state index in [9.17, 15) is 28.1 Å². The van der Waals surface area contributed by atoms with Gasteiger partial charge in [-0.3, -0.25) is 14.9 Å². The van der Waals surface area contributed by atoms with Crippen LogP contribution < -0.4 is 4.90 Å². The van der Waals surface area contributed by atoms with Crippen molar-refractivity contribution in [2.75, 3.05) is 11.2 Å². The van der Waals surface area contributed by atoms with Gasteiger partial charge in [0.2, 0.25) is 10.0 Å². The summed E-state index contributed by atoms with van der Waals surface area (Å²) in [6.07, 6.45) is 0.633. The van der Waals surface area contributed by atoms with E-state index in [-0.39, 0.29) is 27.8 Å². The van der Waals surface area contributed by atoms with Crippen LogP contribution in [-0.4, -0.2) is 41.4 Å². The van der Waals surface area contributed by atoms with Gasteiger partial charge in [0, 0.05) is 28.6 Å². The number of hydrogen-bond acceptors (Lipinski definition) is 6. The lowest BCUT2D eigenvalue weighted by Crippen LogP contribution is -2.51. The van der Waals surface area contributed by atoms with Gasteiger partial charge in [0.05, 0.1) is 16.9 Å². The minimum absolute atomic E-state index is 0.0311. The first-order valence-corrected chi connectivity index (χ1v) is 11.0. The summed E-state index contributed by atoms with van der Waals surface area (Å²) in [5.41, 5.74) is -1.49. The van der Waals surface area contributed by atoms with Gasteiger partial charge in [-0.05, 0) is 30.7 Å². The molecular formula is C18H15Cl2N3O6S.